The number of anilines is 3. The van der Waals surface area contributed by atoms with Crippen molar-refractivity contribution in [3.05, 3.63) is 30.3 Å². The van der Waals surface area contributed by atoms with Crippen LogP contribution in [0.3, 0.4) is 0 Å². The maximum absolute atomic E-state index is 11.8. The predicted octanol–water partition coefficient (Wildman–Crippen LogP) is 1.77. The Morgan fingerprint density at radius 1 is 1.23 bits per heavy atom. The van der Waals surface area contributed by atoms with Gasteiger partial charge in [-0.1, -0.05) is 11.8 Å². The van der Waals surface area contributed by atoms with Crippen LogP contribution in [-0.2, 0) is 4.79 Å². The third-order valence-electron chi connectivity index (χ3n) is 2.68. The standard InChI is InChI=1S/C14H17N5O2S/c1-21-10-4-2-9(3-5-10)17-13(20)6-7-22-14-18-11(15)8-12(16)19-14/h2-5,8H,6-7H2,1H3,(H,17,20)(H4,15,16,18,19). The van der Waals surface area contributed by atoms with E-state index in [2.05, 4.69) is 15.3 Å². The van der Waals surface area contributed by atoms with Gasteiger partial charge in [-0.25, -0.2) is 9.97 Å². The van der Waals surface area contributed by atoms with Crippen LogP contribution in [0.2, 0.25) is 0 Å². The molecule has 2 rings (SSSR count). The third-order valence-corrected chi connectivity index (χ3v) is 3.53. The number of nitrogen functional groups attached to an aromatic ring is 2. The fourth-order valence-corrected chi connectivity index (χ4v) is 2.47. The first-order chi connectivity index (χ1) is 10.6. The number of ether oxygens (including phenoxy) is 1. The molecule has 0 spiro atoms. The highest BCUT2D eigenvalue weighted by Gasteiger charge is 2.06. The van der Waals surface area contributed by atoms with Gasteiger partial charge in [0.05, 0.1) is 7.11 Å². The molecule has 1 heterocycles. The Morgan fingerprint density at radius 2 is 1.86 bits per heavy atom. The number of amides is 1. The number of rotatable bonds is 6. The zero-order chi connectivity index (χ0) is 15.9. The Bertz CT molecular complexity index is 628. The van der Waals surface area contributed by atoms with Crippen LogP contribution in [-0.4, -0.2) is 28.7 Å². The van der Waals surface area contributed by atoms with E-state index in [-0.39, 0.29) is 5.91 Å². The normalized spacial score (nSPS) is 10.2. The van der Waals surface area contributed by atoms with Crippen molar-refractivity contribution in [2.75, 3.05) is 29.6 Å². The first-order valence-corrected chi connectivity index (χ1v) is 7.52. The lowest BCUT2D eigenvalue weighted by molar-refractivity contribution is -0.115. The van der Waals surface area contributed by atoms with Gasteiger partial charge in [0.1, 0.15) is 17.4 Å². The summed E-state index contributed by atoms with van der Waals surface area (Å²) in [5, 5.41) is 3.27. The van der Waals surface area contributed by atoms with E-state index in [0.717, 1.165) is 11.4 Å². The summed E-state index contributed by atoms with van der Waals surface area (Å²) in [4.78, 5) is 19.9. The minimum absolute atomic E-state index is 0.0884. The average Bonchev–Trinajstić information content (AvgIpc) is 2.47. The summed E-state index contributed by atoms with van der Waals surface area (Å²) < 4.78 is 5.06. The quantitative estimate of drug-likeness (QED) is 0.549. The molecule has 0 saturated carbocycles. The highest BCUT2D eigenvalue weighted by atomic mass is 32.2. The SMILES string of the molecule is COc1ccc(NC(=O)CCSc2nc(N)cc(N)n2)cc1. The number of methoxy groups -OCH3 is 1. The lowest BCUT2D eigenvalue weighted by atomic mass is 10.3. The van der Waals surface area contributed by atoms with Gasteiger partial charge < -0.3 is 21.5 Å². The summed E-state index contributed by atoms with van der Waals surface area (Å²) in [6.45, 7) is 0. The molecule has 1 aromatic heterocycles. The van der Waals surface area contributed by atoms with Gasteiger partial charge in [0.2, 0.25) is 5.91 Å². The topological polar surface area (TPSA) is 116 Å². The number of aromatic nitrogens is 2. The molecule has 0 aliphatic heterocycles. The molecule has 1 amide bonds. The van der Waals surface area contributed by atoms with E-state index in [1.165, 1.54) is 17.8 Å². The van der Waals surface area contributed by atoms with Crippen molar-refractivity contribution in [2.24, 2.45) is 0 Å². The Morgan fingerprint density at radius 3 is 2.45 bits per heavy atom. The van der Waals surface area contributed by atoms with E-state index in [1.54, 1.807) is 31.4 Å². The Balaban J connectivity index is 1.79. The largest absolute Gasteiger partial charge is 0.497 e. The molecule has 0 aliphatic carbocycles. The van der Waals surface area contributed by atoms with Gasteiger partial charge in [-0.3, -0.25) is 4.79 Å². The highest BCUT2D eigenvalue weighted by Crippen LogP contribution is 2.18. The molecule has 1 aromatic carbocycles. The molecular weight excluding hydrogens is 302 g/mol. The zero-order valence-corrected chi connectivity index (χ0v) is 12.9. The van der Waals surface area contributed by atoms with Gasteiger partial charge in [0.25, 0.3) is 0 Å². The predicted molar refractivity (Wildman–Crippen MR) is 87.8 cm³/mol. The monoisotopic (exact) mass is 319 g/mol. The fourth-order valence-electron chi connectivity index (χ4n) is 1.66. The highest BCUT2D eigenvalue weighted by molar-refractivity contribution is 7.99. The second-order valence-corrected chi connectivity index (χ2v) is 5.44. The lowest BCUT2D eigenvalue weighted by Gasteiger charge is -2.06. The van der Waals surface area contributed by atoms with Crippen molar-refractivity contribution in [3.8, 4) is 5.75 Å². The summed E-state index contributed by atoms with van der Waals surface area (Å²) >= 11 is 1.33. The molecule has 2 aromatic rings. The maximum atomic E-state index is 11.8. The van der Waals surface area contributed by atoms with Crippen molar-refractivity contribution in [2.45, 2.75) is 11.6 Å². The number of hydrogen-bond acceptors (Lipinski definition) is 7. The van der Waals surface area contributed by atoms with Crippen molar-refractivity contribution in [1.29, 1.82) is 0 Å². The third kappa shape index (κ3) is 4.81. The van der Waals surface area contributed by atoms with Crippen molar-refractivity contribution in [3.63, 3.8) is 0 Å². The van der Waals surface area contributed by atoms with Gasteiger partial charge >= 0.3 is 0 Å². The second-order valence-electron chi connectivity index (χ2n) is 4.38. The number of carbonyl (C=O) groups excluding carboxylic acids is 1. The lowest BCUT2D eigenvalue weighted by Crippen LogP contribution is -2.12. The molecule has 22 heavy (non-hydrogen) atoms. The Hall–Kier alpha value is -2.48. The number of nitrogens with two attached hydrogens (primary N) is 2. The molecule has 116 valence electrons. The van der Waals surface area contributed by atoms with Crippen molar-refractivity contribution >= 4 is 35.0 Å². The molecule has 0 radical (unpaired) electrons. The molecule has 0 fully saturated rings. The van der Waals surface area contributed by atoms with Crippen LogP contribution in [0.1, 0.15) is 6.42 Å². The molecule has 7 nitrogen and oxygen atoms in total. The number of nitrogens with one attached hydrogen (secondary N) is 1. The molecule has 0 aliphatic rings. The maximum Gasteiger partial charge on any atom is 0.225 e. The van der Waals surface area contributed by atoms with Crippen LogP contribution in [0.5, 0.6) is 5.75 Å². The summed E-state index contributed by atoms with van der Waals surface area (Å²) in [6, 6.07) is 8.62. The number of hydrogen-bond donors (Lipinski definition) is 3. The average molecular weight is 319 g/mol. The molecule has 8 heteroatoms. The Labute approximate surface area is 132 Å². The van der Waals surface area contributed by atoms with Gasteiger partial charge in [0.15, 0.2) is 5.16 Å². The summed E-state index contributed by atoms with van der Waals surface area (Å²) in [7, 11) is 1.59. The number of carbonyl (C=O) groups is 1. The Kier molecular flexibility index (Phi) is 5.42. The number of benzene rings is 1. The van der Waals surface area contributed by atoms with Crippen LogP contribution in [0.25, 0.3) is 0 Å². The van der Waals surface area contributed by atoms with Crippen LogP contribution in [0.15, 0.2) is 35.5 Å². The number of nitrogens with zero attached hydrogens (tertiary/aromatic N) is 2. The molecular formula is C14H17N5O2S. The summed E-state index contributed by atoms with van der Waals surface area (Å²) in [6.07, 6.45) is 0.328. The minimum atomic E-state index is -0.0884. The van der Waals surface area contributed by atoms with E-state index < -0.39 is 0 Å². The zero-order valence-electron chi connectivity index (χ0n) is 12.1. The fraction of sp³-hybridized carbons (Fsp3) is 0.214. The van der Waals surface area contributed by atoms with E-state index in [0.29, 0.717) is 29.0 Å². The van der Waals surface area contributed by atoms with E-state index >= 15 is 0 Å². The van der Waals surface area contributed by atoms with Gasteiger partial charge in [-0.15, -0.1) is 0 Å². The molecule has 5 N–H and O–H groups in total. The molecule has 0 bridgehead atoms. The molecule has 0 atom stereocenters. The smallest absolute Gasteiger partial charge is 0.225 e. The molecule has 0 unspecified atom stereocenters. The van der Waals surface area contributed by atoms with Gasteiger partial charge in [-0.2, -0.15) is 0 Å². The summed E-state index contributed by atoms with van der Waals surface area (Å²) in [5.41, 5.74) is 11.9. The van der Waals surface area contributed by atoms with Crippen LogP contribution >= 0.6 is 11.8 Å². The summed E-state index contributed by atoms with van der Waals surface area (Å²) in [5.74, 6) is 1.82. The first kappa shape index (κ1) is 15.9. The number of thioether (sulfide) groups is 1. The van der Waals surface area contributed by atoms with Crippen molar-refractivity contribution in [1.82, 2.24) is 9.97 Å². The molecule has 0 saturated heterocycles. The van der Waals surface area contributed by atoms with Gasteiger partial charge in [-0.05, 0) is 24.3 Å². The second kappa shape index (κ2) is 7.51. The van der Waals surface area contributed by atoms with E-state index in [9.17, 15) is 4.79 Å². The van der Waals surface area contributed by atoms with Crippen LogP contribution in [0, 0.1) is 0 Å². The van der Waals surface area contributed by atoms with E-state index in [1.807, 2.05) is 0 Å². The minimum Gasteiger partial charge on any atom is -0.497 e. The first-order valence-electron chi connectivity index (χ1n) is 6.53. The van der Waals surface area contributed by atoms with Gasteiger partial charge in [0, 0.05) is 23.9 Å². The van der Waals surface area contributed by atoms with Crippen LogP contribution in [0.4, 0.5) is 17.3 Å². The van der Waals surface area contributed by atoms with E-state index in [4.69, 9.17) is 16.2 Å². The van der Waals surface area contributed by atoms with Crippen molar-refractivity contribution < 1.29 is 9.53 Å². The van der Waals surface area contributed by atoms with Crippen LogP contribution < -0.4 is 21.5 Å².